The molecule has 3 aromatic rings. The second-order valence-electron chi connectivity index (χ2n) is 12.2. The van der Waals surface area contributed by atoms with E-state index in [9.17, 15) is 19.5 Å². The van der Waals surface area contributed by atoms with Crippen LogP contribution in [0, 0.1) is 5.92 Å². The van der Waals surface area contributed by atoms with Crippen molar-refractivity contribution < 1.29 is 29.0 Å². The summed E-state index contributed by atoms with van der Waals surface area (Å²) in [5, 5.41) is 20.3. The number of nitrogens with one attached hydrogen (secondary N) is 3. The van der Waals surface area contributed by atoms with Gasteiger partial charge in [0.25, 0.3) is 0 Å². The summed E-state index contributed by atoms with van der Waals surface area (Å²) in [5.74, 6) is -0.763. The number of carbonyl (C=O) groups is 3. The van der Waals surface area contributed by atoms with Crippen molar-refractivity contribution in [1.29, 1.82) is 0 Å². The van der Waals surface area contributed by atoms with Gasteiger partial charge in [-0.1, -0.05) is 105 Å². The van der Waals surface area contributed by atoms with E-state index in [0.717, 1.165) is 16.7 Å². The van der Waals surface area contributed by atoms with Crippen LogP contribution in [0.4, 0.5) is 9.59 Å². The van der Waals surface area contributed by atoms with Crippen molar-refractivity contribution in [2.45, 2.75) is 83.9 Å². The van der Waals surface area contributed by atoms with Crippen molar-refractivity contribution in [3.8, 4) is 0 Å². The topological polar surface area (TPSA) is 126 Å². The van der Waals surface area contributed by atoms with Crippen LogP contribution >= 0.6 is 0 Å². The first-order valence-electron chi connectivity index (χ1n) is 14.9. The zero-order valence-electron chi connectivity index (χ0n) is 26.2. The maximum absolute atomic E-state index is 13.7. The van der Waals surface area contributed by atoms with Gasteiger partial charge in [-0.3, -0.25) is 4.79 Å². The first-order valence-corrected chi connectivity index (χ1v) is 14.9. The van der Waals surface area contributed by atoms with Gasteiger partial charge >= 0.3 is 12.2 Å². The normalized spacial score (nSPS) is 14.1. The molecule has 3 aromatic carbocycles. The van der Waals surface area contributed by atoms with Crippen LogP contribution in [0.15, 0.2) is 91.0 Å². The molecule has 0 saturated heterocycles. The van der Waals surface area contributed by atoms with E-state index in [2.05, 4.69) is 16.0 Å². The SMILES string of the molecule is CC(C)[C@H](NC(=O)OCc1ccccc1)C(=O)N[C@@H](Cc1ccccc1)[C@H](O)[C@H](Cc1ccccc1)NC(=O)OC(C)(C)C. The Morgan fingerprint density at radius 1 is 0.682 bits per heavy atom. The van der Waals surface area contributed by atoms with E-state index in [1.165, 1.54) is 0 Å². The lowest BCUT2D eigenvalue weighted by atomic mass is 9.91. The molecule has 0 heterocycles. The lowest BCUT2D eigenvalue weighted by Gasteiger charge is -2.33. The molecule has 9 nitrogen and oxygen atoms in total. The number of benzene rings is 3. The van der Waals surface area contributed by atoms with Gasteiger partial charge in [-0.05, 0) is 56.2 Å². The molecule has 0 aromatic heterocycles. The van der Waals surface area contributed by atoms with Crippen molar-refractivity contribution in [2.24, 2.45) is 5.92 Å². The quantitative estimate of drug-likeness (QED) is 0.214. The van der Waals surface area contributed by atoms with Crippen LogP contribution < -0.4 is 16.0 Å². The molecule has 0 fully saturated rings. The smallest absolute Gasteiger partial charge is 0.408 e. The molecule has 4 N–H and O–H groups in total. The van der Waals surface area contributed by atoms with Gasteiger partial charge in [0.05, 0.1) is 18.2 Å². The zero-order valence-corrected chi connectivity index (χ0v) is 26.2. The highest BCUT2D eigenvalue weighted by molar-refractivity contribution is 5.86. The Morgan fingerprint density at radius 3 is 1.59 bits per heavy atom. The number of alkyl carbamates (subject to hydrolysis) is 2. The van der Waals surface area contributed by atoms with Crippen molar-refractivity contribution in [1.82, 2.24) is 16.0 Å². The Kier molecular flexibility index (Phi) is 12.8. The Morgan fingerprint density at radius 2 is 1.14 bits per heavy atom. The highest BCUT2D eigenvalue weighted by Gasteiger charge is 2.34. The summed E-state index contributed by atoms with van der Waals surface area (Å²) in [6.45, 7) is 8.97. The van der Waals surface area contributed by atoms with Crippen LogP contribution in [0.25, 0.3) is 0 Å². The van der Waals surface area contributed by atoms with E-state index in [1.807, 2.05) is 105 Å². The molecule has 9 heteroatoms. The third-order valence-corrected chi connectivity index (χ3v) is 6.89. The molecule has 3 amide bonds. The molecule has 0 bridgehead atoms. The third kappa shape index (κ3) is 11.7. The predicted molar refractivity (Wildman–Crippen MR) is 170 cm³/mol. The highest BCUT2D eigenvalue weighted by Crippen LogP contribution is 2.16. The summed E-state index contributed by atoms with van der Waals surface area (Å²) >= 11 is 0. The van der Waals surface area contributed by atoms with Crippen LogP contribution in [0.2, 0.25) is 0 Å². The number of rotatable bonds is 13. The van der Waals surface area contributed by atoms with Crippen molar-refractivity contribution in [2.75, 3.05) is 0 Å². The molecule has 0 aliphatic heterocycles. The fourth-order valence-electron chi connectivity index (χ4n) is 4.69. The Hall–Kier alpha value is -4.37. The second-order valence-corrected chi connectivity index (χ2v) is 12.2. The highest BCUT2D eigenvalue weighted by atomic mass is 16.6. The van der Waals surface area contributed by atoms with Crippen molar-refractivity contribution in [3.05, 3.63) is 108 Å². The number of hydrogen-bond acceptors (Lipinski definition) is 6. The first kappa shape index (κ1) is 34.1. The van der Waals surface area contributed by atoms with E-state index in [-0.39, 0.29) is 18.9 Å². The largest absolute Gasteiger partial charge is 0.445 e. The summed E-state index contributed by atoms with van der Waals surface area (Å²) in [6, 6.07) is 25.6. The molecular formula is C35H45N3O6. The molecule has 0 saturated carbocycles. The lowest BCUT2D eigenvalue weighted by molar-refractivity contribution is -0.125. The minimum atomic E-state index is -1.22. The Bertz CT molecular complexity index is 1310. The molecule has 0 unspecified atom stereocenters. The van der Waals surface area contributed by atoms with Gasteiger partial charge in [-0.15, -0.1) is 0 Å². The van der Waals surface area contributed by atoms with Gasteiger partial charge in [0.1, 0.15) is 18.2 Å². The van der Waals surface area contributed by atoms with Crippen LogP contribution in [0.3, 0.4) is 0 Å². The first-order chi connectivity index (χ1) is 20.9. The average Bonchev–Trinajstić information content (AvgIpc) is 2.98. The maximum atomic E-state index is 13.7. The van der Waals surface area contributed by atoms with E-state index >= 15 is 0 Å². The van der Waals surface area contributed by atoms with Gasteiger partial charge in [0.15, 0.2) is 0 Å². The minimum absolute atomic E-state index is 0.0615. The maximum Gasteiger partial charge on any atom is 0.408 e. The molecule has 44 heavy (non-hydrogen) atoms. The number of aliphatic hydroxyl groups excluding tert-OH is 1. The number of carbonyl (C=O) groups excluding carboxylic acids is 3. The van der Waals surface area contributed by atoms with E-state index < -0.39 is 47.9 Å². The number of amides is 3. The zero-order chi connectivity index (χ0) is 32.1. The Balaban J connectivity index is 1.82. The standard InChI is InChI=1S/C35H45N3O6/c1-24(2)30(38-33(41)43-23-27-19-13-8-14-20-27)32(40)36-28(21-25-15-9-6-10-16-25)31(39)29(22-26-17-11-7-12-18-26)37-34(42)44-35(3,4)5/h6-20,24,28-31,39H,21-23H2,1-5H3,(H,36,40)(H,37,42)(H,38,41)/t28-,29-,30-,31-/m0/s1. The fourth-order valence-corrected chi connectivity index (χ4v) is 4.69. The second kappa shape index (κ2) is 16.5. The monoisotopic (exact) mass is 603 g/mol. The van der Waals surface area contributed by atoms with E-state index in [1.54, 1.807) is 20.8 Å². The molecule has 0 aliphatic carbocycles. The van der Waals surface area contributed by atoms with Gasteiger partial charge in [-0.2, -0.15) is 0 Å². The van der Waals surface area contributed by atoms with Gasteiger partial charge in [-0.25, -0.2) is 9.59 Å². The van der Waals surface area contributed by atoms with Gasteiger partial charge in [0, 0.05) is 0 Å². The van der Waals surface area contributed by atoms with Crippen molar-refractivity contribution in [3.63, 3.8) is 0 Å². The van der Waals surface area contributed by atoms with Crippen LogP contribution in [-0.4, -0.2) is 53.0 Å². The number of hydrogen-bond donors (Lipinski definition) is 4. The summed E-state index contributed by atoms with van der Waals surface area (Å²) < 4.78 is 10.8. The fraction of sp³-hybridized carbons (Fsp3) is 0.400. The summed E-state index contributed by atoms with van der Waals surface area (Å²) in [6.07, 6.45) is -2.05. The summed E-state index contributed by atoms with van der Waals surface area (Å²) in [5.41, 5.74) is 1.85. The average molecular weight is 604 g/mol. The molecule has 3 rings (SSSR count). The predicted octanol–water partition coefficient (Wildman–Crippen LogP) is 5.16. The van der Waals surface area contributed by atoms with Crippen LogP contribution in [0.5, 0.6) is 0 Å². The molecule has 0 aliphatic rings. The summed E-state index contributed by atoms with van der Waals surface area (Å²) in [7, 11) is 0. The van der Waals surface area contributed by atoms with Gasteiger partial charge < -0.3 is 30.5 Å². The molecule has 0 spiro atoms. The van der Waals surface area contributed by atoms with Crippen molar-refractivity contribution >= 4 is 18.1 Å². The van der Waals surface area contributed by atoms with Crippen LogP contribution in [0.1, 0.15) is 51.3 Å². The molecule has 4 atom stereocenters. The van der Waals surface area contributed by atoms with Crippen LogP contribution in [-0.2, 0) is 33.7 Å². The molecular weight excluding hydrogens is 558 g/mol. The third-order valence-electron chi connectivity index (χ3n) is 6.89. The Labute approximate surface area is 260 Å². The number of aliphatic hydroxyl groups is 1. The van der Waals surface area contributed by atoms with E-state index in [4.69, 9.17) is 9.47 Å². The lowest BCUT2D eigenvalue weighted by Crippen LogP contribution is -2.59. The van der Waals surface area contributed by atoms with E-state index in [0.29, 0.717) is 6.42 Å². The molecule has 236 valence electrons. The molecule has 0 radical (unpaired) electrons. The number of ether oxygens (including phenoxy) is 2. The minimum Gasteiger partial charge on any atom is -0.445 e. The summed E-state index contributed by atoms with van der Waals surface area (Å²) in [4.78, 5) is 39.2. The van der Waals surface area contributed by atoms with Gasteiger partial charge in [0.2, 0.25) is 5.91 Å².